The number of carbonyl (C=O) groups is 1. The Bertz CT molecular complexity index is 471. The Morgan fingerprint density at radius 3 is 2.85 bits per heavy atom. The van der Waals surface area contributed by atoms with E-state index < -0.39 is 5.97 Å². The second kappa shape index (κ2) is 6.56. The van der Waals surface area contributed by atoms with Gasteiger partial charge in [0.15, 0.2) is 0 Å². The quantitative estimate of drug-likeness (QED) is 0.837. The van der Waals surface area contributed by atoms with Crippen molar-refractivity contribution in [3.05, 3.63) is 17.8 Å². The molecular weight excluding hydrogens is 258 g/mol. The highest BCUT2D eigenvalue weighted by molar-refractivity contribution is 5.92. The van der Waals surface area contributed by atoms with Crippen molar-refractivity contribution in [1.82, 2.24) is 9.88 Å². The number of aromatic nitrogens is 1. The van der Waals surface area contributed by atoms with Crippen LogP contribution in [0.25, 0.3) is 0 Å². The lowest BCUT2D eigenvalue weighted by atomic mass is 10.1. The van der Waals surface area contributed by atoms with E-state index in [1.54, 1.807) is 13.0 Å². The third-order valence-corrected chi connectivity index (χ3v) is 3.31. The lowest BCUT2D eigenvalue weighted by Crippen LogP contribution is -2.36. The second-order valence-electron chi connectivity index (χ2n) is 4.96. The van der Waals surface area contributed by atoms with Gasteiger partial charge in [-0.3, -0.25) is 0 Å². The van der Waals surface area contributed by atoms with E-state index in [2.05, 4.69) is 16.9 Å². The molecule has 6 heteroatoms. The fraction of sp³-hybridized carbons (Fsp3) is 0.571. The molecule has 0 amide bonds. The number of rotatable bonds is 4. The van der Waals surface area contributed by atoms with Crippen LogP contribution in [-0.2, 0) is 4.74 Å². The molecule has 0 saturated carbocycles. The number of piperidine rings is 1. The zero-order chi connectivity index (χ0) is 14.5. The van der Waals surface area contributed by atoms with E-state index in [-0.39, 0.29) is 6.10 Å². The molecule has 6 nitrogen and oxygen atoms in total. The smallest absolute Gasteiger partial charge is 0.343 e. The van der Waals surface area contributed by atoms with E-state index >= 15 is 0 Å². The fourth-order valence-corrected chi connectivity index (χ4v) is 2.18. The summed E-state index contributed by atoms with van der Waals surface area (Å²) >= 11 is 0. The Labute approximate surface area is 118 Å². The molecule has 110 valence electrons. The monoisotopic (exact) mass is 279 g/mol. The van der Waals surface area contributed by atoms with Gasteiger partial charge in [-0.1, -0.05) is 0 Å². The fourth-order valence-electron chi connectivity index (χ4n) is 2.18. The molecule has 1 aliphatic heterocycles. The molecule has 0 radical (unpaired) electrons. The predicted molar refractivity (Wildman–Crippen MR) is 75.8 cm³/mol. The van der Waals surface area contributed by atoms with Gasteiger partial charge in [-0.05, 0) is 32.9 Å². The molecule has 2 rings (SSSR count). The first-order valence-corrected chi connectivity index (χ1v) is 6.88. The molecule has 1 aromatic rings. The van der Waals surface area contributed by atoms with Gasteiger partial charge in [0, 0.05) is 13.1 Å². The number of anilines is 1. The van der Waals surface area contributed by atoms with Crippen LogP contribution < -0.4 is 10.5 Å². The maximum Gasteiger partial charge on any atom is 0.343 e. The highest BCUT2D eigenvalue weighted by Gasteiger charge is 2.22. The first-order chi connectivity index (χ1) is 9.60. The molecule has 1 saturated heterocycles. The van der Waals surface area contributed by atoms with Crippen LogP contribution in [0.1, 0.15) is 30.1 Å². The van der Waals surface area contributed by atoms with Crippen LogP contribution in [0.2, 0.25) is 0 Å². The summed E-state index contributed by atoms with van der Waals surface area (Å²) in [5, 5.41) is 0. The topological polar surface area (TPSA) is 77.7 Å². The average molecular weight is 279 g/mol. The standard InChI is InChI=1S/C14H21N3O3/c1-3-19-14(18)12-8-10(15)9-16-13(12)20-11-4-6-17(2)7-5-11/h8-9,11H,3-7,15H2,1-2H3. The van der Waals surface area contributed by atoms with E-state index in [0.717, 1.165) is 25.9 Å². The Morgan fingerprint density at radius 2 is 2.20 bits per heavy atom. The van der Waals surface area contributed by atoms with Crippen molar-refractivity contribution < 1.29 is 14.3 Å². The minimum atomic E-state index is -0.449. The molecule has 0 aliphatic carbocycles. The van der Waals surface area contributed by atoms with Crippen LogP contribution >= 0.6 is 0 Å². The average Bonchev–Trinajstić information content (AvgIpc) is 2.43. The van der Waals surface area contributed by atoms with Gasteiger partial charge in [0.05, 0.1) is 18.5 Å². The normalized spacial score (nSPS) is 16.9. The van der Waals surface area contributed by atoms with E-state index in [1.807, 2.05) is 0 Å². The summed E-state index contributed by atoms with van der Waals surface area (Å²) in [4.78, 5) is 18.3. The van der Waals surface area contributed by atoms with Gasteiger partial charge < -0.3 is 20.1 Å². The Kier molecular flexibility index (Phi) is 4.79. The third-order valence-electron chi connectivity index (χ3n) is 3.31. The Morgan fingerprint density at radius 1 is 1.50 bits per heavy atom. The van der Waals surface area contributed by atoms with Crippen molar-refractivity contribution in [2.24, 2.45) is 0 Å². The second-order valence-corrected chi connectivity index (χ2v) is 4.96. The molecule has 0 aromatic carbocycles. The summed E-state index contributed by atoms with van der Waals surface area (Å²) in [5.74, 6) is -0.137. The van der Waals surface area contributed by atoms with E-state index in [0.29, 0.717) is 23.7 Å². The molecule has 2 heterocycles. The van der Waals surface area contributed by atoms with E-state index in [1.165, 1.54) is 6.20 Å². The molecule has 1 aromatic heterocycles. The van der Waals surface area contributed by atoms with Gasteiger partial charge in [0.2, 0.25) is 5.88 Å². The van der Waals surface area contributed by atoms with Crippen LogP contribution in [0.4, 0.5) is 5.69 Å². The third kappa shape index (κ3) is 3.60. The molecule has 20 heavy (non-hydrogen) atoms. The maximum absolute atomic E-state index is 11.9. The number of hydrogen-bond acceptors (Lipinski definition) is 6. The number of carbonyl (C=O) groups excluding carboxylic acids is 1. The van der Waals surface area contributed by atoms with Gasteiger partial charge in [-0.15, -0.1) is 0 Å². The zero-order valence-electron chi connectivity index (χ0n) is 12.0. The van der Waals surface area contributed by atoms with Gasteiger partial charge in [-0.25, -0.2) is 9.78 Å². The molecule has 0 spiro atoms. The molecule has 0 unspecified atom stereocenters. The van der Waals surface area contributed by atoms with E-state index in [4.69, 9.17) is 15.2 Å². The minimum absolute atomic E-state index is 0.0792. The number of esters is 1. The first kappa shape index (κ1) is 14.6. The van der Waals surface area contributed by atoms with Gasteiger partial charge in [-0.2, -0.15) is 0 Å². The SMILES string of the molecule is CCOC(=O)c1cc(N)cnc1OC1CCN(C)CC1. The van der Waals surface area contributed by atoms with Crippen molar-refractivity contribution in [3.63, 3.8) is 0 Å². The largest absolute Gasteiger partial charge is 0.474 e. The van der Waals surface area contributed by atoms with Crippen LogP contribution in [0.3, 0.4) is 0 Å². The number of nitrogen functional groups attached to an aromatic ring is 1. The summed E-state index contributed by atoms with van der Waals surface area (Å²) in [6.45, 7) is 4.03. The van der Waals surface area contributed by atoms with Crippen molar-refractivity contribution in [2.75, 3.05) is 32.5 Å². The first-order valence-electron chi connectivity index (χ1n) is 6.88. The summed E-state index contributed by atoms with van der Waals surface area (Å²) in [5.41, 5.74) is 6.40. The molecular formula is C14H21N3O3. The molecule has 1 aliphatic rings. The van der Waals surface area contributed by atoms with Crippen LogP contribution in [0.5, 0.6) is 5.88 Å². The van der Waals surface area contributed by atoms with Crippen molar-refractivity contribution >= 4 is 11.7 Å². The number of pyridine rings is 1. The van der Waals surface area contributed by atoms with E-state index in [9.17, 15) is 4.79 Å². The van der Waals surface area contributed by atoms with Crippen molar-refractivity contribution in [1.29, 1.82) is 0 Å². The van der Waals surface area contributed by atoms with Crippen LogP contribution in [-0.4, -0.2) is 48.7 Å². The summed E-state index contributed by atoms with van der Waals surface area (Å²) in [6.07, 6.45) is 3.42. The lowest BCUT2D eigenvalue weighted by Gasteiger charge is -2.29. The summed E-state index contributed by atoms with van der Waals surface area (Å²) in [6, 6.07) is 1.55. The summed E-state index contributed by atoms with van der Waals surface area (Å²) in [7, 11) is 2.09. The molecule has 1 fully saturated rings. The van der Waals surface area contributed by atoms with Gasteiger partial charge in [0.25, 0.3) is 0 Å². The minimum Gasteiger partial charge on any atom is -0.474 e. The predicted octanol–water partition coefficient (Wildman–Crippen LogP) is 1.31. The number of ether oxygens (including phenoxy) is 2. The van der Waals surface area contributed by atoms with Gasteiger partial charge >= 0.3 is 5.97 Å². The Hall–Kier alpha value is -1.82. The number of nitrogens with two attached hydrogens (primary N) is 1. The Balaban J connectivity index is 2.12. The van der Waals surface area contributed by atoms with Gasteiger partial charge in [0.1, 0.15) is 11.7 Å². The number of hydrogen-bond donors (Lipinski definition) is 1. The lowest BCUT2D eigenvalue weighted by molar-refractivity contribution is 0.0511. The summed E-state index contributed by atoms with van der Waals surface area (Å²) < 4.78 is 10.9. The van der Waals surface area contributed by atoms with Crippen LogP contribution in [0.15, 0.2) is 12.3 Å². The maximum atomic E-state index is 11.9. The zero-order valence-corrected chi connectivity index (χ0v) is 12.0. The molecule has 0 atom stereocenters. The highest BCUT2D eigenvalue weighted by Crippen LogP contribution is 2.23. The van der Waals surface area contributed by atoms with Crippen LogP contribution in [0, 0.1) is 0 Å². The number of likely N-dealkylation sites (tertiary alicyclic amines) is 1. The van der Waals surface area contributed by atoms with Crippen molar-refractivity contribution in [2.45, 2.75) is 25.9 Å². The highest BCUT2D eigenvalue weighted by atomic mass is 16.5. The molecule has 0 bridgehead atoms. The van der Waals surface area contributed by atoms with Crippen molar-refractivity contribution in [3.8, 4) is 5.88 Å². The number of nitrogens with zero attached hydrogens (tertiary/aromatic N) is 2. The molecule has 2 N–H and O–H groups in total.